The molecule has 0 aliphatic carbocycles. The standard InChI is InChI=1S/C16H32BrN/c1-15-10-11-16(2)18(14-15)13-9-7-5-3-4-6-8-12-17/h15-16H,3-14H2,1-2H3. The number of halogens is 1. The fourth-order valence-electron chi connectivity index (χ4n) is 2.98. The molecule has 0 N–H and O–H groups in total. The van der Waals surface area contributed by atoms with E-state index in [1.807, 2.05) is 0 Å². The van der Waals surface area contributed by atoms with E-state index >= 15 is 0 Å². The molecule has 18 heavy (non-hydrogen) atoms. The van der Waals surface area contributed by atoms with Gasteiger partial charge < -0.3 is 4.90 Å². The normalized spacial score (nSPS) is 25.5. The van der Waals surface area contributed by atoms with E-state index in [9.17, 15) is 0 Å². The fraction of sp³-hybridized carbons (Fsp3) is 1.00. The van der Waals surface area contributed by atoms with Crippen molar-refractivity contribution >= 4 is 15.9 Å². The smallest absolute Gasteiger partial charge is 0.00671 e. The summed E-state index contributed by atoms with van der Waals surface area (Å²) in [4.78, 5) is 2.72. The van der Waals surface area contributed by atoms with E-state index < -0.39 is 0 Å². The Morgan fingerprint density at radius 3 is 2.17 bits per heavy atom. The van der Waals surface area contributed by atoms with Gasteiger partial charge in [0.2, 0.25) is 0 Å². The second-order valence-electron chi connectivity index (χ2n) is 6.19. The van der Waals surface area contributed by atoms with E-state index in [0.717, 1.165) is 12.0 Å². The molecule has 108 valence electrons. The van der Waals surface area contributed by atoms with Gasteiger partial charge in [-0.3, -0.25) is 0 Å². The highest BCUT2D eigenvalue weighted by molar-refractivity contribution is 9.09. The second-order valence-corrected chi connectivity index (χ2v) is 6.98. The monoisotopic (exact) mass is 317 g/mol. The number of rotatable bonds is 9. The molecule has 0 spiro atoms. The fourth-order valence-corrected chi connectivity index (χ4v) is 3.38. The van der Waals surface area contributed by atoms with E-state index in [2.05, 4.69) is 34.7 Å². The molecule has 1 aliphatic heterocycles. The molecule has 1 saturated heterocycles. The zero-order valence-electron chi connectivity index (χ0n) is 12.5. The first kappa shape index (κ1) is 16.5. The largest absolute Gasteiger partial charge is 0.300 e. The van der Waals surface area contributed by atoms with Crippen molar-refractivity contribution in [3.8, 4) is 0 Å². The molecule has 0 aromatic carbocycles. The van der Waals surface area contributed by atoms with Gasteiger partial charge in [-0.15, -0.1) is 0 Å². The lowest BCUT2D eigenvalue weighted by Gasteiger charge is -2.36. The van der Waals surface area contributed by atoms with Gasteiger partial charge >= 0.3 is 0 Å². The molecular formula is C16H32BrN. The number of hydrogen-bond donors (Lipinski definition) is 0. The van der Waals surface area contributed by atoms with Crippen LogP contribution in [0.4, 0.5) is 0 Å². The summed E-state index contributed by atoms with van der Waals surface area (Å²) in [5.74, 6) is 0.922. The van der Waals surface area contributed by atoms with Crippen molar-refractivity contribution in [2.75, 3.05) is 18.4 Å². The van der Waals surface area contributed by atoms with Crippen molar-refractivity contribution in [2.45, 2.75) is 77.7 Å². The molecule has 2 unspecified atom stereocenters. The molecule has 0 amide bonds. The quantitative estimate of drug-likeness (QED) is 0.415. The molecule has 1 fully saturated rings. The average Bonchev–Trinajstić information content (AvgIpc) is 2.36. The second kappa shape index (κ2) is 10.3. The summed E-state index contributed by atoms with van der Waals surface area (Å²) in [6.07, 6.45) is 12.8. The minimum Gasteiger partial charge on any atom is -0.300 e. The number of nitrogens with zero attached hydrogens (tertiary/aromatic N) is 1. The van der Waals surface area contributed by atoms with Gasteiger partial charge in [0.1, 0.15) is 0 Å². The van der Waals surface area contributed by atoms with E-state index in [1.54, 1.807) is 0 Å². The van der Waals surface area contributed by atoms with Gasteiger partial charge in [-0.2, -0.15) is 0 Å². The first-order valence-electron chi connectivity index (χ1n) is 8.04. The van der Waals surface area contributed by atoms with Crippen LogP contribution < -0.4 is 0 Å². The van der Waals surface area contributed by atoms with Crippen molar-refractivity contribution in [1.29, 1.82) is 0 Å². The van der Waals surface area contributed by atoms with Gasteiger partial charge in [0.15, 0.2) is 0 Å². The molecule has 1 rings (SSSR count). The Labute approximate surface area is 123 Å². The van der Waals surface area contributed by atoms with Crippen molar-refractivity contribution < 1.29 is 0 Å². The predicted octanol–water partition coefficient (Wildman–Crippen LogP) is 5.23. The van der Waals surface area contributed by atoms with Crippen LogP contribution >= 0.6 is 15.9 Å². The summed E-state index contributed by atoms with van der Waals surface area (Å²) >= 11 is 3.49. The third-order valence-corrected chi connectivity index (χ3v) is 4.89. The molecule has 0 bridgehead atoms. The summed E-state index contributed by atoms with van der Waals surface area (Å²) in [7, 11) is 0. The van der Waals surface area contributed by atoms with Crippen molar-refractivity contribution in [3.05, 3.63) is 0 Å². The van der Waals surface area contributed by atoms with Gasteiger partial charge in [-0.1, -0.05) is 55.0 Å². The highest BCUT2D eigenvalue weighted by atomic mass is 79.9. The maximum Gasteiger partial charge on any atom is 0.00671 e. The Hall–Kier alpha value is 0.440. The molecule has 1 nitrogen and oxygen atoms in total. The Balaban J connectivity index is 1.93. The number of alkyl halides is 1. The Bertz CT molecular complexity index is 196. The third-order valence-electron chi connectivity index (χ3n) is 4.33. The van der Waals surface area contributed by atoms with Crippen LogP contribution in [0.15, 0.2) is 0 Å². The maximum absolute atomic E-state index is 3.49. The summed E-state index contributed by atoms with van der Waals surface area (Å²) in [5.41, 5.74) is 0. The molecule has 2 heteroatoms. The Kier molecular flexibility index (Phi) is 9.40. The van der Waals surface area contributed by atoms with Gasteiger partial charge in [0, 0.05) is 17.9 Å². The van der Waals surface area contributed by atoms with Crippen molar-refractivity contribution in [3.63, 3.8) is 0 Å². The van der Waals surface area contributed by atoms with Crippen LogP contribution in [0, 0.1) is 5.92 Å². The van der Waals surface area contributed by atoms with Crippen molar-refractivity contribution in [2.24, 2.45) is 5.92 Å². The summed E-state index contributed by atoms with van der Waals surface area (Å²) in [5, 5.41) is 1.18. The van der Waals surface area contributed by atoms with Gasteiger partial charge in [0.05, 0.1) is 0 Å². The maximum atomic E-state index is 3.49. The van der Waals surface area contributed by atoms with Gasteiger partial charge in [-0.25, -0.2) is 0 Å². The van der Waals surface area contributed by atoms with Crippen molar-refractivity contribution in [1.82, 2.24) is 4.90 Å². The number of unbranched alkanes of at least 4 members (excludes halogenated alkanes) is 6. The lowest BCUT2D eigenvalue weighted by molar-refractivity contribution is 0.122. The number of likely N-dealkylation sites (tertiary alicyclic amines) is 1. The van der Waals surface area contributed by atoms with Crippen LogP contribution in [0.1, 0.15) is 71.6 Å². The molecule has 1 aliphatic rings. The Morgan fingerprint density at radius 2 is 1.50 bits per heavy atom. The van der Waals surface area contributed by atoms with E-state index in [-0.39, 0.29) is 0 Å². The summed E-state index contributed by atoms with van der Waals surface area (Å²) in [6, 6.07) is 0.833. The van der Waals surface area contributed by atoms with E-state index in [4.69, 9.17) is 0 Å². The first-order valence-corrected chi connectivity index (χ1v) is 9.16. The van der Waals surface area contributed by atoms with Crippen LogP contribution in [-0.2, 0) is 0 Å². The molecule has 2 atom stereocenters. The average molecular weight is 318 g/mol. The minimum absolute atomic E-state index is 0.833. The number of hydrogen-bond acceptors (Lipinski definition) is 1. The molecule has 0 radical (unpaired) electrons. The predicted molar refractivity (Wildman–Crippen MR) is 85.5 cm³/mol. The highest BCUT2D eigenvalue weighted by Crippen LogP contribution is 2.21. The van der Waals surface area contributed by atoms with Gasteiger partial charge in [-0.05, 0) is 45.1 Å². The molecular weight excluding hydrogens is 286 g/mol. The first-order chi connectivity index (χ1) is 8.74. The summed E-state index contributed by atoms with van der Waals surface area (Å²) in [6.45, 7) is 7.49. The van der Waals surface area contributed by atoms with Crippen LogP contribution in [0.25, 0.3) is 0 Å². The zero-order valence-corrected chi connectivity index (χ0v) is 14.1. The SMILES string of the molecule is CC1CCC(C)N(CCCCCCCCCBr)C1. The lowest BCUT2D eigenvalue weighted by Crippen LogP contribution is -2.41. The highest BCUT2D eigenvalue weighted by Gasteiger charge is 2.21. The molecule has 0 saturated carbocycles. The Morgan fingerprint density at radius 1 is 0.889 bits per heavy atom. The zero-order chi connectivity index (χ0) is 13.2. The molecule has 0 aromatic rings. The molecule has 0 aromatic heterocycles. The molecule has 1 heterocycles. The van der Waals surface area contributed by atoms with Crippen LogP contribution in [-0.4, -0.2) is 29.4 Å². The van der Waals surface area contributed by atoms with E-state index in [1.165, 1.54) is 76.2 Å². The lowest BCUT2D eigenvalue weighted by atomic mass is 9.95. The van der Waals surface area contributed by atoms with E-state index in [0.29, 0.717) is 0 Å². The third kappa shape index (κ3) is 7.13. The topological polar surface area (TPSA) is 3.24 Å². The minimum atomic E-state index is 0.833. The van der Waals surface area contributed by atoms with Crippen LogP contribution in [0.3, 0.4) is 0 Å². The van der Waals surface area contributed by atoms with Crippen LogP contribution in [0.5, 0.6) is 0 Å². The summed E-state index contributed by atoms with van der Waals surface area (Å²) < 4.78 is 0. The van der Waals surface area contributed by atoms with Crippen LogP contribution in [0.2, 0.25) is 0 Å². The van der Waals surface area contributed by atoms with Gasteiger partial charge in [0.25, 0.3) is 0 Å². The number of piperidine rings is 1.